The van der Waals surface area contributed by atoms with Crippen LogP contribution in [-0.4, -0.2) is 20.4 Å². The summed E-state index contributed by atoms with van der Waals surface area (Å²) in [4.78, 5) is 0. The van der Waals surface area contributed by atoms with Crippen LogP contribution < -0.4 is 0 Å². The van der Waals surface area contributed by atoms with Crippen molar-refractivity contribution in [2.24, 2.45) is 0 Å². The minimum absolute atomic E-state index is 0.163. The Morgan fingerprint density at radius 2 is 0.440 bits per heavy atom. The van der Waals surface area contributed by atoms with Crippen molar-refractivity contribution in [3.8, 4) is 23.0 Å². The van der Waals surface area contributed by atoms with Crippen molar-refractivity contribution in [2.45, 2.75) is 219 Å². The van der Waals surface area contributed by atoms with Gasteiger partial charge in [0, 0.05) is 12.1 Å². The lowest BCUT2D eigenvalue weighted by Crippen LogP contribution is -1.87. The summed E-state index contributed by atoms with van der Waals surface area (Å²) in [7, 11) is 0. The molecule has 288 valence electrons. The first-order valence-electron chi connectivity index (χ1n) is 21.5. The average Bonchev–Trinajstić information content (AvgIpc) is 3.08. The maximum absolute atomic E-state index is 9.46. The third-order valence-electron chi connectivity index (χ3n) is 10.1. The zero-order valence-corrected chi connectivity index (χ0v) is 32.9. The van der Waals surface area contributed by atoms with Crippen LogP contribution in [0.4, 0.5) is 0 Å². The maximum Gasteiger partial charge on any atom is 0.119 e. The van der Waals surface area contributed by atoms with Gasteiger partial charge in [-0.25, -0.2) is 0 Å². The van der Waals surface area contributed by atoms with Gasteiger partial charge in [-0.3, -0.25) is 0 Å². The lowest BCUT2D eigenvalue weighted by Gasteiger charge is -2.05. The number of phenolic OH excluding ortho intramolecular Hbond substituents is 4. The molecule has 0 saturated carbocycles. The van der Waals surface area contributed by atoms with Crippen LogP contribution in [0.15, 0.2) is 36.4 Å². The normalized spacial score (nSPS) is 11.1. The lowest BCUT2D eigenvalue weighted by molar-refractivity contribution is 0.447. The van der Waals surface area contributed by atoms with Gasteiger partial charge in [0.25, 0.3) is 0 Å². The van der Waals surface area contributed by atoms with E-state index in [-0.39, 0.29) is 23.0 Å². The number of phenols is 4. The van der Waals surface area contributed by atoms with Crippen LogP contribution in [0.2, 0.25) is 0 Å². The molecule has 0 saturated heterocycles. The first kappa shape index (κ1) is 45.7. The predicted molar refractivity (Wildman–Crippen MR) is 217 cm³/mol. The van der Waals surface area contributed by atoms with E-state index >= 15 is 0 Å². The van der Waals surface area contributed by atoms with E-state index in [2.05, 4.69) is 13.8 Å². The summed E-state index contributed by atoms with van der Waals surface area (Å²) in [5.41, 5.74) is 2.07. The van der Waals surface area contributed by atoms with Crippen LogP contribution in [-0.2, 0) is 12.8 Å². The second-order valence-electron chi connectivity index (χ2n) is 15.1. The number of hydrogen-bond donors (Lipinski definition) is 4. The van der Waals surface area contributed by atoms with Crippen molar-refractivity contribution in [3.63, 3.8) is 0 Å². The van der Waals surface area contributed by atoms with E-state index in [0.717, 1.165) is 36.8 Å². The summed E-state index contributed by atoms with van der Waals surface area (Å²) < 4.78 is 0. The highest BCUT2D eigenvalue weighted by Gasteiger charge is 2.01. The van der Waals surface area contributed by atoms with Crippen molar-refractivity contribution in [1.82, 2.24) is 0 Å². The van der Waals surface area contributed by atoms with Crippen molar-refractivity contribution in [2.75, 3.05) is 0 Å². The first-order valence-corrected chi connectivity index (χ1v) is 21.5. The van der Waals surface area contributed by atoms with Gasteiger partial charge < -0.3 is 20.4 Å². The molecule has 2 aromatic carbocycles. The van der Waals surface area contributed by atoms with E-state index in [1.165, 1.54) is 192 Å². The van der Waals surface area contributed by atoms with Crippen LogP contribution in [0.3, 0.4) is 0 Å². The molecular formula is C46H80O4. The van der Waals surface area contributed by atoms with Crippen LogP contribution >= 0.6 is 0 Å². The monoisotopic (exact) mass is 697 g/mol. The number of aryl methyl sites for hydroxylation is 2. The highest BCUT2D eigenvalue weighted by atomic mass is 16.3. The smallest absolute Gasteiger partial charge is 0.119 e. The molecule has 4 nitrogen and oxygen atoms in total. The second kappa shape index (κ2) is 33.8. The van der Waals surface area contributed by atoms with Crippen LogP contribution in [0.1, 0.15) is 218 Å². The SMILES string of the molecule is CCCCCCCCCCCCCCCCCc1cc(O)cc(O)c1.CCCCCCCCCCCCCCCCCc1cc(O)cc(O)c1. The molecule has 0 spiro atoms. The topological polar surface area (TPSA) is 80.9 Å². The van der Waals surface area contributed by atoms with Gasteiger partial charge in [-0.1, -0.05) is 194 Å². The summed E-state index contributed by atoms with van der Waals surface area (Å²) in [6, 6.07) is 9.78. The molecule has 50 heavy (non-hydrogen) atoms. The molecule has 4 heteroatoms. The maximum atomic E-state index is 9.46. The van der Waals surface area contributed by atoms with Crippen molar-refractivity contribution < 1.29 is 20.4 Å². The second-order valence-corrected chi connectivity index (χ2v) is 15.1. The fourth-order valence-corrected chi connectivity index (χ4v) is 7.00. The zero-order valence-electron chi connectivity index (χ0n) is 32.9. The third-order valence-corrected chi connectivity index (χ3v) is 10.1. The molecule has 2 aromatic rings. The van der Waals surface area contributed by atoms with Crippen molar-refractivity contribution in [3.05, 3.63) is 47.5 Å². The number of aromatic hydroxyl groups is 4. The summed E-state index contributed by atoms with van der Waals surface area (Å²) in [6.07, 6.45) is 43.1. The average molecular weight is 697 g/mol. The van der Waals surface area contributed by atoms with Crippen molar-refractivity contribution >= 4 is 0 Å². The Hall–Kier alpha value is -2.36. The van der Waals surface area contributed by atoms with Crippen LogP contribution in [0.5, 0.6) is 23.0 Å². The minimum Gasteiger partial charge on any atom is -0.508 e. The van der Waals surface area contributed by atoms with Crippen molar-refractivity contribution in [1.29, 1.82) is 0 Å². The minimum atomic E-state index is 0.163. The molecule has 0 heterocycles. The molecule has 0 radical (unpaired) electrons. The molecular weight excluding hydrogens is 617 g/mol. The Morgan fingerprint density at radius 1 is 0.260 bits per heavy atom. The Morgan fingerprint density at radius 3 is 0.640 bits per heavy atom. The number of rotatable bonds is 32. The van der Waals surface area contributed by atoms with E-state index in [9.17, 15) is 20.4 Å². The van der Waals surface area contributed by atoms with Gasteiger partial charge in [0.1, 0.15) is 23.0 Å². The van der Waals surface area contributed by atoms with Gasteiger partial charge in [-0.15, -0.1) is 0 Å². The zero-order chi connectivity index (χ0) is 36.3. The van der Waals surface area contributed by atoms with Gasteiger partial charge >= 0.3 is 0 Å². The van der Waals surface area contributed by atoms with E-state index in [1.54, 1.807) is 24.3 Å². The van der Waals surface area contributed by atoms with Crippen LogP contribution in [0, 0.1) is 0 Å². The Kier molecular flexibility index (Phi) is 30.8. The molecule has 0 atom stereocenters. The standard InChI is InChI=1S/2C23H40O2/c2*1-2-3-4-5-6-7-8-9-10-11-12-13-14-15-16-17-21-18-22(24)20-23(25)19-21/h2*18-20,24-25H,2-17H2,1H3. The molecule has 0 aliphatic carbocycles. The predicted octanol–water partition coefficient (Wildman–Crippen LogP) is 15.0. The third kappa shape index (κ3) is 29.4. The quantitative estimate of drug-likeness (QED) is 0.0574. The highest BCUT2D eigenvalue weighted by Crippen LogP contribution is 2.23. The summed E-state index contributed by atoms with van der Waals surface area (Å²) in [6.45, 7) is 4.56. The lowest BCUT2D eigenvalue weighted by atomic mass is 10.0. The molecule has 4 N–H and O–H groups in total. The number of hydrogen-bond acceptors (Lipinski definition) is 4. The molecule has 2 rings (SSSR count). The van der Waals surface area contributed by atoms with Gasteiger partial charge in [0.05, 0.1) is 0 Å². The molecule has 0 unspecified atom stereocenters. The molecule has 0 aromatic heterocycles. The first-order chi connectivity index (χ1) is 24.4. The van der Waals surface area contributed by atoms with Gasteiger partial charge in [-0.05, 0) is 61.1 Å². The number of benzene rings is 2. The van der Waals surface area contributed by atoms with E-state index in [1.807, 2.05) is 0 Å². The van der Waals surface area contributed by atoms with Gasteiger partial charge in [0.2, 0.25) is 0 Å². The van der Waals surface area contributed by atoms with Gasteiger partial charge in [0.15, 0.2) is 0 Å². The highest BCUT2D eigenvalue weighted by molar-refractivity contribution is 5.37. The summed E-state index contributed by atoms with van der Waals surface area (Å²) in [5.74, 6) is 0.652. The van der Waals surface area contributed by atoms with E-state index < -0.39 is 0 Å². The van der Waals surface area contributed by atoms with Gasteiger partial charge in [-0.2, -0.15) is 0 Å². The fraction of sp³-hybridized carbons (Fsp3) is 0.739. The molecule has 0 aliphatic rings. The summed E-state index contributed by atoms with van der Waals surface area (Å²) in [5, 5.41) is 37.8. The molecule has 0 fully saturated rings. The fourth-order valence-electron chi connectivity index (χ4n) is 7.00. The van der Waals surface area contributed by atoms with Crippen LogP contribution in [0.25, 0.3) is 0 Å². The Labute approximate surface area is 309 Å². The summed E-state index contributed by atoms with van der Waals surface area (Å²) >= 11 is 0. The number of unbranched alkanes of at least 4 members (excludes halogenated alkanes) is 28. The molecule has 0 aliphatic heterocycles. The Bertz CT molecular complexity index is 897. The largest absolute Gasteiger partial charge is 0.508 e. The van der Waals surface area contributed by atoms with E-state index in [4.69, 9.17) is 0 Å². The van der Waals surface area contributed by atoms with E-state index in [0.29, 0.717) is 0 Å². The molecule has 0 bridgehead atoms. The molecule has 0 amide bonds. The Balaban J connectivity index is 0.000000500.